The van der Waals surface area contributed by atoms with Crippen LogP contribution in [0.3, 0.4) is 0 Å². The summed E-state index contributed by atoms with van der Waals surface area (Å²) in [6, 6.07) is 5.72. The van der Waals surface area contributed by atoms with Crippen LogP contribution in [0.25, 0.3) is 0 Å². The van der Waals surface area contributed by atoms with Crippen molar-refractivity contribution in [1.29, 1.82) is 0 Å². The first kappa shape index (κ1) is 19.7. The molecule has 0 radical (unpaired) electrons. The molecule has 6 nitrogen and oxygen atoms in total. The number of nitrogens with zero attached hydrogens (tertiary/aromatic N) is 3. The van der Waals surface area contributed by atoms with Gasteiger partial charge in [0, 0.05) is 54.7 Å². The summed E-state index contributed by atoms with van der Waals surface area (Å²) in [5.74, 6) is 0. The summed E-state index contributed by atoms with van der Waals surface area (Å²) in [6.07, 6.45) is 1.59. The van der Waals surface area contributed by atoms with Gasteiger partial charge in [0.2, 0.25) is 0 Å². The maximum Gasteiger partial charge on any atom is 0.410 e. The summed E-state index contributed by atoms with van der Waals surface area (Å²) in [5, 5.41) is 0. The third-order valence-corrected chi connectivity index (χ3v) is 4.57. The van der Waals surface area contributed by atoms with Gasteiger partial charge in [-0.1, -0.05) is 22.0 Å². The minimum atomic E-state index is -0.448. The molecule has 7 heteroatoms. The molecule has 0 aromatic heterocycles. The van der Waals surface area contributed by atoms with Gasteiger partial charge in [0.1, 0.15) is 5.60 Å². The Morgan fingerprint density at radius 3 is 2.60 bits per heavy atom. The highest BCUT2D eigenvalue weighted by Crippen LogP contribution is 2.20. The van der Waals surface area contributed by atoms with Gasteiger partial charge in [-0.25, -0.2) is 4.79 Å². The fourth-order valence-corrected chi connectivity index (χ4v) is 3.01. The van der Waals surface area contributed by atoms with Crippen molar-refractivity contribution in [2.75, 3.05) is 45.0 Å². The van der Waals surface area contributed by atoms with E-state index in [0.717, 1.165) is 29.7 Å². The minimum absolute atomic E-state index is 0.227. The van der Waals surface area contributed by atoms with Gasteiger partial charge in [-0.15, -0.1) is 0 Å². The molecule has 1 heterocycles. The largest absolute Gasteiger partial charge is 0.444 e. The molecule has 0 aliphatic carbocycles. The average Bonchev–Trinajstić information content (AvgIpc) is 2.52. The molecule has 1 fully saturated rings. The first-order chi connectivity index (χ1) is 11.8. The molecule has 1 aromatic carbocycles. The van der Waals surface area contributed by atoms with Crippen LogP contribution in [0, 0.1) is 0 Å². The molecule has 1 saturated heterocycles. The van der Waals surface area contributed by atoms with Crippen molar-refractivity contribution >= 4 is 33.9 Å². The van der Waals surface area contributed by atoms with E-state index >= 15 is 0 Å². The predicted molar refractivity (Wildman–Crippen MR) is 105 cm³/mol. The lowest BCUT2D eigenvalue weighted by Gasteiger charge is -2.35. The molecule has 0 spiro atoms. The van der Waals surface area contributed by atoms with Crippen LogP contribution in [0.15, 0.2) is 27.7 Å². The van der Waals surface area contributed by atoms with Crippen molar-refractivity contribution in [3.05, 3.63) is 28.2 Å². The average molecular weight is 411 g/mol. The molecule has 0 unspecified atom stereocenters. The summed E-state index contributed by atoms with van der Waals surface area (Å²) in [6.45, 7) is 10.3. The van der Waals surface area contributed by atoms with Gasteiger partial charge < -0.3 is 15.4 Å². The number of nitrogens with two attached hydrogens (primary N) is 1. The van der Waals surface area contributed by atoms with Crippen molar-refractivity contribution in [1.82, 2.24) is 9.80 Å². The number of aliphatic imine (C=N–C) groups is 1. The Morgan fingerprint density at radius 1 is 1.32 bits per heavy atom. The van der Waals surface area contributed by atoms with Crippen molar-refractivity contribution in [2.24, 2.45) is 4.99 Å². The van der Waals surface area contributed by atoms with E-state index in [1.807, 2.05) is 45.2 Å². The maximum absolute atomic E-state index is 12.0. The Labute approximate surface area is 158 Å². The number of amides is 1. The zero-order valence-electron chi connectivity index (χ0n) is 15.2. The van der Waals surface area contributed by atoms with E-state index < -0.39 is 5.60 Å². The van der Waals surface area contributed by atoms with E-state index in [9.17, 15) is 4.79 Å². The second-order valence-corrected chi connectivity index (χ2v) is 7.94. The fraction of sp³-hybridized carbons (Fsp3) is 0.556. The third-order valence-electron chi connectivity index (χ3n) is 3.88. The lowest BCUT2D eigenvalue weighted by atomic mass is 10.2. The fourth-order valence-electron chi connectivity index (χ4n) is 2.53. The zero-order valence-corrected chi connectivity index (χ0v) is 16.8. The topological polar surface area (TPSA) is 71.2 Å². The van der Waals surface area contributed by atoms with E-state index in [2.05, 4.69) is 25.8 Å². The van der Waals surface area contributed by atoms with Gasteiger partial charge in [0.05, 0.1) is 6.54 Å². The van der Waals surface area contributed by atoms with E-state index in [1.165, 1.54) is 0 Å². The Bertz CT molecular complexity index is 600. The SMILES string of the molecule is CC(C)(C)OC(=O)N1CCN(CCN=Cc2c(N)cccc2Br)CC1. The monoisotopic (exact) mass is 410 g/mol. The molecule has 0 saturated carbocycles. The normalized spacial score (nSPS) is 16.4. The van der Waals surface area contributed by atoms with Crippen LogP contribution in [-0.4, -0.2) is 67.0 Å². The van der Waals surface area contributed by atoms with Crippen LogP contribution in [-0.2, 0) is 4.74 Å². The van der Waals surface area contributed by atoms with Crippen LogP contribution in [0.4, 0.5) is 10.5 Å². The third kappa shape index (κ3) is 6.32. The quantitative estimate of drug-likeness (QED) is 0.611. The highest BCUT2D eigenvalue weighted by molar-refractivity contribution is 9.10. The number of benzene rings is 1. The summed E-state index contributed by atoms with van der Waals surface area (Å²) in [5.41, 5.74) is 7.13. The molecule has 0 atom stereocenters. The summed E-state index contributed by atoms with van der Waals surface area (Å²) >= 11 is 3.49. The van der Waals surface area contributed by atoms with Gasteiger partial charge in [-0.3, -0.25) is 9.89 Å². The summed E-state index contributed by atoms with van der Waals surface area (Å²) in [4.78, 5) is 20.6. The number of anilines is 1. The van der Waals surface area contributed by atoms with Gasteiger partial charge in [0.15, 0.2) is 0 Å². The van der Waals surface area contributed by atoms with Gasteiger partial charge in [-0.2, -0.15) is 0 Å². The van der Waals surface area contributed by atoms with E-state index in [4.69, 9.17) is 10.5 Å². The standard InChI is InChI=1S/C18H27BrN4O2/c1-18(2,3)25-17(24)23-11-9-22(10-12-23)8-7-21-13-14-15(19)5-4-6-16(14)20/h4-6,13H,7-12,20H2,1-3H3. The van der Waals surface area contributed by atoms with Crippen LogP contribution in [0.5, 0.6) is 0 Å². The molecular weight excluding hydrogens is 384 g/mol. The molecular formula is C18H27BrN4O2. The number of piperazine rings is 1. The Balaban J connectivity index is 1.74. The predicted octanol–water partition coefficient (Wildman–Crippen LogP) is 3.00. The first-order valence-electron chi connectivity index (χ1n) is 8.50. The van der Waals surface area contributed by atoms with Gasteiger partial charge in [0.25, 0.3) is 0 Å². The second kappa shape index (κ2) is 8.67. The van der Waals surface area contributed by atoms with Crippen molar-refractivity contribution in [3.8, 4) is 0 Å². The lowest BCUT2D eigenvalue weighted by molar-refractivity contribution is 0.0148. The summed E-state index contributed by atoms with van der Waals surface area (Å²) in [7, 11) is 0. The Kier molecular flexibility index (Phi) is 6.84. The molecule has 2 N–H and O–H groups in total. The van der Waals surface area contributed by atoms with Crippen LogP contribution >= 0.6 is 15.9 Å². The highest BCUT2D eigenvalue weighted by Gasteiger charge is 2.25. The van der Waals surface area contributed by atoms with Gasteiger partial charge in [-0.05, 0) is 32.9 Å². The Hall–Kier alpha value is -1.60. The number of hydrogen-bond acceptors (Lipinski definition) is 5. The molecule has 25 heavy (non-hydrogen) atoms. The number of ether oxygens (including phenoxy) is 1. The van der Waals surface area contributed by atoms with E-state index in [1.54, 1.807) is 4.90 Å². The molecule has 2 rings (SSSR count). The van der Waals surface area contributed by atoms with E-state index in [0.29, 0.717) is 25.3 Å². The number of hydrogen-bond donors (Lipinski definition) is 1. The number of rotatable bonds is 4. The van der Waals surface area contributed by atoms with Crippen molar-refractivity contribution < 1.29 is 9.53 Å². The Morgan fingerprint density at radius 2 is 2.00 bits per heavy atom. The number of carbonyl (C=O) groups excluding carboxylic acids is 1. The van der Waals surface area contributed by atoms with Crippen LogP contribution < -0.4 is 5.73 Å². The molecule has 1 aromatic rings. The molecule has 1 aliphatic rings. The first-order valence-corrected chi connectivity index (χ1v) is 9.29. The zero-order chi connectivity index (χ0) is 18.4. The van der Waals surface area contributed by atoms with Crippen molar-refractivity contribution in [3.63, 3.8) is 0 Å². The van der Waals surface area contributed by atoms with Crippen LogP contribution in [0.2, 0.25) is 0 Å². The molecule has 0 bridgehead atoms. The number of halogens is 1. The van der Waals surface area contributed by atoms with Crippen LogP contribution in [0.1, 0.15) is 26.3 Å². The number of nitrogen functional groups attached to an aromatic ring is 1. The van der Waals surface area contributed by atoms with Gasteiger partial charge >= 0.3 is 6.09 Å². The highest BCUT2D eigenvalue weighted by atomic mass is 79.9. The lowest BCUT2D eigenvalue weighted by Crippen LogP contribution is -2.50. The van der Waals surface area contributed by atoms with E-state index in [-0.39, 0.29) is 6.09 Å². The minimum Gasteiger partial charge on any atom is -0.444 e. The second-order valence-electron chi connectivity index (χ2n) is 7.09. The molecule has 138 valence electrons. The number of carbonyl (C=O) groups is 1. The molecule has 1 aliphatic heterocycles. The summed E-state index contributed by atoms with van der Waals surface area (Å²) < 4.78 is 6.36. The molecule has 1 amide bonds. The maximum atomic E-state index is 12.0. The van der Waals surface area contributed by atoms with Crippen molar-refractivity contribution in [2.45, 2.75) is 26.4 Å². The smallest absolute Gasteiger partial charge is 0.410 e.